The van der Waals surface area contributed by atoms with Crippen molar-refractivity contribution in [2.45, 2.75) is 69.9 Å². The number of nitrogens with one attached hydrogen (secondary N) is 2. The Kier molecular flexibility index (Phi) is 7.17. The highest BCUT2D eigenvalue weighted by Gasteiger charge is 2.27. The highest BCUT2D eigenvalue weighted by atomic mass is 32.2. The summed E-state index contributed by atoms with van der Waals surface area (Å²) in [6, 6.07) is 4.30. The highest BCUT2D eigenvalue weighted by Crippen LogP contribution is 2.24. The first-order valence-corrected chi connectivity index (χ1v) is 10.7. The van der Waals surface area contributed by atoms with E-state index >= 15 is 0 Å². The molecule has 0 aliphatic heterocycles. The van der Waals surface area contributed by atoms with Gasteiger partial charge >= 0.3 is 0 Å². The number of halogens is 1. The third-order valence-corrected chi connectivity index (χ3v) is 6.60. The van der Waals surface area contributed by atoms with Gasteiger partial charge in [0.1, 0.15) is 5.82 Å². The lowest BCUT2D eigenvalue weighted by atomic mass is 9.86. The number of sulfonamides is 1. The molecule has 0 spiro atoms. The van der Waals surface area contributed by atoms with E-state index in [1.54, 1.807) is 0 Å². The quantitative estimate of drug-likeness (QED) is 0.758. The van der Waals surface area contributed by atoms with Crippen LogP contribution in [0.4, 0.5) is 4.39 Å². The van der Waals surface area contributed by atoms with Crippen molar-refractivity contribution in [3.8, 4) is 0 Å². The van der Waals surface area contributed by atoms with E-state index in [0.717, 1.165) is 31.4 Å². The van der Waals surface area contributed by atoms with E-state index in [1.165, 1.54) is 18.6 Å². The van der Waals surface area contributed by atoms with Crippen LogP contribution in [0.1, 0.15) is 52.9 Å². The highest BCUT2D eigenvalue weighted by molar-refractivity contribution is 7.89. The number of carbonyl (C=O) groups is 1. The van der Waals surface area contributed by atoms with Gasteiger partial charge in [-0.2, -0.15) is 0 Å². The third kappa shape index (κ3) is 5.77. The number of hydrogen-bond donors (Lipinski definition) is 2. The Morgan fingerprint density at radius 1 is 1.19 bits per heavy atom. The lowest BCUT2D eigenvalue weighted by Gasteiger charge is -2.30. The van der Waals surface area contributed by atoms with E-state index in [2.05, 4.69) is 17.0 Å². The Labute approximate surface area is 155 Å². The van der Waals surface area contributed by atoms with Crippen LogP contribution in [-0.2, 0) is 14.8 Å². The first kappa shape index (κ1) is 20.8. The molecule has 0 radical (unpaired) electrons. The Balaban J connectivity index is 2.01. The van der Waals surface area contributed by atoms with E-state index in [-0.39, 0.29) is 29.2 Å². The van der Waals surface area contributed by atoms with Crippen LogP contribution in [0.15, 0.2) is 29.2 Å². The van der Waals surface area contributed by atoms with Gasteiger partial charge in [0.2, 0.25) is 15.9 Å². The van der Waals surface area contributed by atoms with Crippen LogP contribution in [0, 0.1) is 17.7 Å². The van der Waals surface area contributed by atoms with Gasteiger partial charge in [0.15, 0.2) is 0 Å². The zero-order valence-electron chi connectivity index (χ0n) is 15.7. The number of amides is 1. The average Bonchev–Trinajstić information content (AvgIpc) is 2.56. The Morgan fingerprint density at radius 3 is 2.38 bits per heavy atom. The predicted octanol–water partition coefficient (Wildman–Crippen LogP) is 3.21. The number of benzene rings is 1. The maximum atomic E-state index is 13.0. The summed E-state index contributed by atoms with van der Waals surface area (Å²) >= 11 is 0. The smallest absolute Gasteiger partial charge is 0.240 e. The number of rotatable bonds is 7. The topological polar surface area (TPSA) is 75.3 Å². The monoisotopic (exact) mass is 384 g/mol. The van der Waals surface area contributed by atoms with Gasteiger partial charge < -0.3 is 5.32 Å². The van der Waals surface area contributed by atoms with E-state index in [0.29, 0.717) is 5.92 Å². The summed E-state index contributed by atoms with van der Waals surface area (Å²) < 4.78 is 40.7. The minimum Gasteiger partial charge on any atom is -0.353 e. The molecule has 1 aliphatic rings. The first-order valence-electron chi connectivity index (χ1n) is 9.26. The second-order valence-electron chi connectivity index (χ2n) is 7.57. The summed E-state index contributed by atoms with van der Waals surface area (Å²) in [4.78, 5) is 12.4. The second kappa shape index (κ2) is 8.95. The summed E-state index contributed by atoms with van der Waals surface area (Å²) in [5.41, 5.74) is 0. The molecule has 1 aliphatic carbocycles. The van der Waals surface area contributed by atoms with Crippen molar-refractivity contribution in [1.82, 2.24) is 10.0 Å². The normalized spacial score (nSPS) is 22.2. The van der Waals surface area contributed by atoms with Gasteiger partial charge in [0, 0.05) is 18.5 Å². The molecule has 2 N–H and O–H groups in total. The SMILES string of the molecule is CC(C)C(CC(=O)NC1CCCCC1C)NS(=O)(=O)c1ccc(F)cc1. The van der Waals surface area contributed by atoms with Crippen molar-refractivity contribution in [3.05, 3.63) is 30.1 Å². The van der Waals surface area contributed by atoms with Crippen LogP contribution in [0.5, 0.6) is 0 Å². The third-order valence-electron chi connectivity index (χ3n) is 5.10. The molecule has 1 aromatic rings. The van der Waals surface area contributed by atoms with Crippen molar-refractivity contribution in [2.24, 2.45) is 11.8 Å². The molecule has 0 aromatic heterocycles. The lowest BCUT2D eigenvalue weighted by Crippen LogP contribution is -2.46. The molecule has 2 rings (SSSR count). The molecular formula is C19H29FN2O3S. The fourth-order valence-corrected chi connectivity index (χ4v) is 4.68. The molecular weight excluding hydrogens is 355 g/mol. The molecule has 1 amide bonds. The van der Waals surface area contributed by atoms with Crippen LogP contribution in [0.3, 0.4) is 0 Å². The summed E-state index contributed by atoms with van der Waals surface area (Å²) in [5.74, 6) is -0.240. The fraction of sp³-hybridized carbons (Fsp3) is 0.632. The van der Waals surface area contributed by atoms with Crippen molar-refractivity contribution in [1.29, 1.82) is 0 Å². The van der Waals surface area contributed by atoms with Crippen molar-refractivity contribution in [2.75, 3.05) is 0 Å². The number of carbonyl (C=O) groups excluding carboxylic acids is 1. The van der Waals surface area contributed by atoms with Gasteiger partial charge in [0.05, 0.1) is 4.90 Å². The lowest BCUT2D eigenvalue weighted by molar-refractivity contribution is -0.123. The van der Waals surface area contributed by atoms with Gasteiger partial charge in [-0.15, -0.1) is 0 Å². The van der Waals surface area contributed by atoms with Crippen molar-refractivity contribution in [3.63, 3.8) is 0 Å². The zero-order valence-corrected chi connectivity index (χ0v) is 16.5. The molecule has 1 saturated carbocycles. The van der Waals surface area contributed by atoms with Crippen LogP contribution in [0.2, 0.25) is 0 Å². The van der Waals surface area contributed by atoms with Gasteiger partial charge in [-0.1, -0.05) is 33.6 Å². The number of hydrogen-bond acceptors (Lipinski definition) is 3. The second-order valence-corrected chi connectivity index (χ2v) is 9.28. The predicted molar refractivity (Wildman–Crippen MR) is 99.5 cm³/mol. The summed E-state index contributed by atoms with van der Waals surface area (Å²) in [6.45, 7) is 5.88. The van der Waals surface area contributed by atoms with Crippen LogP contribution in [0.25, 0.3) is 0 Å². The summed E-state index contributed by atoms with van der Waals surface area (Å²) in [7, 11) is -3.81. The van der Waals surface area contributed by atoms with Crippen LogP contribution < -0.4 is 10.0 Å². The summed E-state index contributed by atoms with van der Waals surface area (Å²) in [6.07, 6.45) is 4.47. The van der Waals surface area contributed by atoms with E-state index in [1.807, 2.05) is 13.8 Å². The molecule has 0 saturated heterocycles. The molecule has 1 aromatic carbocycles. The minimum absolute atomic E-state index is 0.00846. The molecule has 0 bridgehead atoms. The van der Waals surface area contributed by atoms with Gasteiger partial charge in [-0.3, -0.25) is 4.79 Å². The van der Waals surface area contributed by atoms with Crippen LogP contribution in [-0.4, -0.2) is 26.4 Å². The Morgan fingerprint density at radius 2 is 1.81 bits per heavy atom. The van der Waals surface area contributed by atoms with Gasteiger partial charge in [-0.05, 0) is 48.9 Å². The Hall–Kier alpha value is -1.47. The molecule has 26 heavy (non-hydrogen) atoms. The van der Waals surface area contributed by atoms with Gasteiger partial charge in [-0.25, -0.2) is 17.5 Å². The molecule has 1 fully saturated rings. The molecule has 3 unspecified atom stereocenters. The van der Waals surface area contributed by atoms with Crippen molar-refractivity contribution >= 4 is 15.9 Å². The zero-order chi connectivity index (χ0) is 19.3. The molecule has 7 heteroatoms. The Bertz CT molecular complexity index is 704. The van der Waals surface area contributed by atoms with Crippen molar-refractivity contribution < 1.29 is 17.6 Å². The summed E-state index contributed by atoms with van der Waals surface area (Å²) in [5, 5.41) is 3.06. The average molecular weight is 385 g/mol. The molecule has 146 valence electrons. The molecule has 0 heterocycles. The van der Waals surface area contributed by atoms with E-state index < -0.39 is 21.9 Å². The standard InChI is InChI=1S/C19H29FN2O3S/c1-13(2)18(12-19(23)21-17-7-5-4-6-14(17)3)22-26(24,25)16-10-8-15(20)9-11-16/h8-11,13-14,17-18,22H,4-7,12H2,1-3H3,(H,21,23). The fourth-order valence-electron chi connectivity index (χ4n) is 3.29. The van der Waals surface area contributed by atoms with E-state index in [9.17, 15) is 17.6 Å². The largest absolute Gasteiger partial charge is 0.353 e. The minimum atomic E-state index is -3.81. The molecule has 3 atom stereocenters. The molecule has 5 nitrogen and oxygen atoms in total. The van der Waals surface area contributed by atoms with Gasteiger partial charge in [0.25, 0.3) is 0 Å². The van der Waals surface area contributed by atoms with Crippen LogP contribution >= 0.6 is 0 Å². The first-order chi connectivity index (χ1) is 12.2. The maximum absolute atomic E-state index is 13.0. The maximum Gasteiger partial charge on any atom is 0.240 e. The van der Waals surface area contributed by atoms with E-state index in [4.69, 9.17) is 0 Å².